The molecule has 4 aromatic heterocycles. The molecule has 85 heavy (non-hydrogen) atoms. The molecule has 490 valence electrons. The maximum Gasteiger partial charge on any atom is 0.115 e. The zero-order chi connectivity index (χ0) is 67.9. The van der Waals surface area contributed by atoms with Gasteiger partial charge < -0.3 is 0 Å². The van der Waals surface area contributed by atoms with E-state index in [0.29, 0.717) is 88.8 Å². The third-order valence-electron chi connectivity index (χ3n) is 14.1. The van der Waals surface area contributed by atoms with Gasteiger partial charge in [0.2, 0.25) is 0 Å². The highest BCUT2D eigenvalue weighted by Crippen LogP contribution is 2.36. The van der Waals surface area contributed by atoms with Crippen molar-refractivity contribution in [2.45, 2.75) is 366 Å². The van der Waals surface area contributed by atoms with Crippen LogP contribution in [0.25, 0.3) is 0 Å². The van der Waals surface area contributed by atoms with Crippen LogP contribution in [-0.4, -0.2) is 24.9 Å². The van der Waals surface area contributed by atoms with E-state index in [2.05, 4.69) is 263 Å². The molecule has 0 atom stereocenters. The van der Waals surface area contributed by atoms with Gasteiger partial charge in [0.15, 0.2) is 0 Å². The smallest absolute Gasteiger partial charge is 0.115 e. The second kappa shape index (κ2) is 48.7. The first kappa shape index (κ1) is 89.5. The summed E-state index contributed by atoms with van der Waals surface area (Å²) in [6.07, 6.45) is 9.68. The van der Waals surface area contributed by atoms with Crippen LogP contribution in [0, 0.1) is 0 Å². The molecular formula is C80H145N5. The summed E-state index contributed by atoms with van der Waals surface area (Å²) < 4.78 is 0. The summed E-state index contributed by atoms with van der Waals surface area (Å²) in [6.45, 7) is 87.4. The molecule has 0 amide bonds. The van der Waals surface area contributed by atoms with Crippen LogP contribution in [0.2, 0.25) is 0 Å². The number of rotatable bonds is 15. The fourth-order valence-electron chi connectivity index (χ4n) is 10.5. The van der Waals surface area contributed by atoms with E-state index in [1.54, 1.807) is 11.9 Å². The first-order valence-electron chi connectivity index (χ1n) is 34.7. The van der Waals surface area contributed by atoms with Crippen molar-refractivity contribution >= 4 is 0 Å². The molecule has 0 radical (unpaired) electrons. The number of hydrogen-bond acceptors (Lipinski definition) is 5. The van der Waals surface area contributed by atoms with Crippen LogP contribution >= 0.6 is 0 Å². The maximum absolute atomic E-state index is 4.54. The molecule has 0 saturated carbocycles. The van der Waals surface area contributed by atoms with Gasteiger partial charge in [-0.15, -0.1) is 0 Å². The van der Waals surface area contributed by atoms with E-state index in [1.807, 2.05) is 94.0 Å². The predicted octanol–water partition coefficient (Wildman–Crippen LogP) is 27.4. The molecule has 0 bridgehead atoms. The molecule has 0 aliphatic carbocycles. The van der Waals surface area contributed by atoms with E-state index in [4.69, 9.17) is 0 Å². The van der Waals surface area contributed by atoms with E-state index < -0.39 is 0 Å². The number of pyridine rings is 3. The Hall–Kier alpha value is -4.25. The lowest BCUT2D eigenvalue weighted by Crippen LogP contribution is -2.09. The summed E-state index contributed by atoms with van der Waals surface area (Å²) in [7, 11) is 0. The van der Waals surface area contributed by atoms with E-state index in [-0.39, 0.29) is 0 Å². The molecule has 0 saturated heterocycles. The maximum atomic E-state index is 4.54. The predicted molar refractivity (Wildman–Crippen MR) is 389 cm³/mol. The first-order chi connectivity index (χ1) is 39.7. The van der Waals surface area contributed by atoms with Gasteiger partial charge in [0, 0.05) is 36.2 Å². The second-order valence-corrected chi connectivity index (χ2v) is 25.9. The Morgan fingerprint density at radius 1 is 0.212 bits per heavy atom. The van der Waals surface area contributed by atoms with Crippen molar-refractivity contribution in [2.75, 3.05) is 0 Å². The van der Waals surface area contributed by atoms with Gasteiger partial charge >= 0.3 is 0 Å². The quantitative estimate of drug-likeness (QED) is 0.105. The lowest BCUT2D eigenvalue weighted by Gasteiger charge is -2.22. The van der Waals surface area contributed by atoms with Crippen LogP contribution in [0.4, 0.5) is 0 Å². The SMILES string of the molecule is CC.CC.CC.CC.CC.CC(C)c1cccc(C(C)C)c1C(C)C.CC(C)c1ccnc(C(C)C)c1C(C)C.CC(C)c1ccnc(C(C)C)c1C(C)C.CC(C)c1cncc(C(C)C)c1C(C)C.CC(C)c1ncnc(C(C)C)c1C(C)C. The third-order valence-corrected chi connectivity index (χ3v) is 14.1. The minimum Gasteiger partial charge on any atom is -0.264 e. The van der Waals surface area contributed by atoms with Crippen LogP contribution in [0.5, 0.6) is 0 Å². The minimum absolute atomic E-state index is 0.475. The number of aromatic nitrogens is 5. The van der Waals surface area contributed by atoms with Crippen molar-refractivity contribution in [2.24, 2.45) is 0 Å². The van der Waals surface area contributed by atoms with Crippen molar-refractivity contribution in [1.82, 2.24) is 24.9 Å². The average Bonchev–Trinajstić information content (AvgIpc) is 3.46. The molecule has 4 heterocycles. The molecule has 0 spiro atoms. The van der Waals surface area contributed by atoms with Crippen molar-refractivity contribution in [3.05, 3.63) is 145 Å². The summed E-state index contributed by atoms with van der Waals surface area (Å²) in [6, 6.07) is 11.1. The van der Waals surface area contributed by atoms with Crippen LogP contribution in [0.15, 0.2) is 61.4 Å². The molecule has 5 aromatic rings. The van der Waals surface area contributed by atoms with Gasteiger partial charge in [-0.25, -0.2) is 9.97 Å². The monoisotopic (exact) mass is 1180 g/mol. The Labute approximate surface area is 533 Å². The standard InChI is InChI=1S/C15H24.3C14H23N.C13H22N2.5C2H6/c1-10(2)13-8-7-9-14(11(3)4)15(13)12(5)6;1-9(2)12-7-15-8-13(10(3)4)14(12)11(5)6;2*1-9(2)12-7-8-15-14(11(5)6)13(12)10(3)4;1-8(2)11-12(9(3)4)14-7-15-13(11)10(5)6;5*1-2/h7-12H,1-6H3;3*7-11H,1-6H3;7-10H,1-6H3;5*1-2H3. The van der Waals surface area contributed by atoms with Crippen LogP contribution in [0.3, 0.4) is 0 Å². The highest BCUT2D eigenvalue weighted by atomic mass is 14.9. The lowest BCUT2D eigenvalue weighted by atomic mass is 9.83. The van der Waals surface area contributed by atoms with E-state index in [9.17, 15) is 0 Å². The molecule has 1 aromatic carbocycles. The summed E-state index contributed by atoms with van der Waals surface area (Å²) >= 11 is 0. The van der Waals surface area contributed by atoms with Crippen LogP contribution in [-0.2, 0) is 0 Å². The molecule has 5 heteroatoms. The van der Waals surface area contributed by atoms with Gasteiger partial charge in [0.1, 0.15) is 6.33 Å². The van der Waals surface area contributed by atoms with E-state index >= 15 is 0 Å². The lowest BCUT2D eigenvalue weighted by molar-refractivity contribution is 0.696. The Morgan fingerprint density at radius 3 is 0.635 bits per heavy atom. The third kappa shape index (κ3) is 30.5. The van der Waals surface area contributed by atoms with E-state index in [1.165, 1.54) is 78.4 Å². The molecular weight excluding hydrogens is 1030 g/mol. The molecule has 0 aliphatic rings. The van der Waals surface area contributed by atoms with Crippen molar-refractivity contribution < 1.29 is 0 Å². The van der Waals surface area contributed by atoms with Crippen LogP contribution in [0.1, 0.15) is 450 Å². The second-order valence-electron chi connectivity index (χ2n) is 25.9. The Bertz CT molecular complexity index is 1880. The van der Waals surface area contributed by atoms with Crippen molar-refractivity contribution in [3.63, 3.8) is 0 Å². The number of nitrogens with zero attached hydrogens (tertiary/aromatic N) is 5. The fourth-order valence-corrected chi connectivity index (χ4v) is 10.5. The van der Waals surface area contributed by atoms with Gasteiger partial charge in [-0.1, -0.05) is 295 Å². The number of hydrogen-bond donors (Lipinski definition) is 0. The van der Waals surface area contributed by atoms with Gasteiger partial charge in [0.05, 0.1) is 11.4 Å². The highest BCUT2D eigenvalue weighted by Gasteiger charge is 2.21. The normalized spacial score (nSPS) is 10.8. The minimum atomic E-state index is 0.475. The Kier molecular flexibility index (Phi) is 51.3. The van der Waals surface area contributed by atoms with Gasteiger partial charge in [-0.3, -0.25) is 15.0 Å². The summed E-state index contributed by atoms with van der Waals surface area (Å²) in [4.78, 5) is 22.3. The Balaban J connectivity index is -0.000000302. The fraction of sp³-hybridized carbons (Fsp3) is 0.688. The van der Waals surface area contributed by atoms with Gasteiger partial charge in [-0.2, -0.15) is 0 Å². The summed E-state index contributed by atoms with van der Waals surface area (Å²) in [5.41, 5.74) is 21.1. The summed E-state index contributed by atoms with van der Waals surface area (Å²) in [5.74, 6) is 8.37. The Morgan fingerprint density at radius 2 is 0.424 bits per heavy atom. The molecule has 0 unspecified atom stereocenters. The topological polar surface area (TPSA) is 64.5 Å². The first-order valence-corrected chi connectivity index (χ1v) is 34.7. The largest absolute Gasteiger partial charge is 0.264 e. The molecule has 0 aliphatic heterocycles. The molecule has 0 N–H and O–H groups in total. The van der Waals surface area contributed by atoms with Crippen molar-refractivity contribution in [3.8, 4) is 0 Å². The molecule has 5 nitrogen and oxygen atoms in total. The average molecular weight is 1180 g/mol. The number of benzene rings is 1. The zero-order valence-electron chi connectivity index (χ0n) is 64.2. The van der Waals surface area contributed by atoms with Gasteiger partial charge in [0.25, 0.3) is 0 Å². The molecule has 5 rings (SSSR count). The van der Waals surface area contributed by atoms with Crippen LogP contribution < -0.4 is 0 Å². The summed E-state index contributed by atoms with van der Waals surface area (Å²) in [5, 5.41) is 0. The zero-order valence-corrected chi connectivity index (χ0v) is 64.2. The molecule has 0 fully saturated rings. The van der Waals surface area contributed by atoms with Gasteiger partial charge in [-0.05, 0) is 162 Å². The highest BCUT2D eigenvalue weighted by molar-refractivity contribution is 5.42. The van der Waals surface area contributed by atoms with Crippen molar-refractivity contribution in [1.29, 1.82) is 0 Å². The van der Waals surface area contributed by atoms with E-state index in [0.717, 1.165) is 0 Å².